The van der Waals surface area contributed by atoms with Crippen LogP contribution < -0.4 is 0 Å². The molecule has 1 nitrogen and oxygen atoms in total. The summed E-state index contributed by atoms with van der Waals surface area (Å²) >= 11 is 3.48. The van der Waals surface area contributed by atoms with Crippen molar-refractivity contribution in [3.05, 3.63) is 70.3 Å². The molecule has 102 valence electrons. The first-order valence-corrected chi connectivity index (χ1v) is 7.76. The number of aromatic nitrogens is 1. The molecule has 3 rings (SSSR count). The molecular weight excluding hydrogens is 310 g/mol. The average Bonchev–Trinajstić information content (AvgIpc) is 2.84. The molecule has 20 heavy (non-hydrogen) atoms. The summed E-state index contributed by atoms with van der Waals surface area (Å²) < 4.78 is 3.43. The SMILES string of the molecule is CC(C)c1ccc2c(ccn2Cc2ccc(Br)cc2)c1. The average molecular weight is 328 g/mol. The smallest absolute Gasteiger partial charge is 0.0483 e. The summed E-state index contributed by atoms with van der Waals surface area (Å²) in [4.78, 5) is 0. The molecule has 0 saturated carbocycles. The first-order chi connectivity index (χ1) is 9.63. The van der Waals surface area contributed by atoms with Crippen molar-refractivity contribution in [2.24, 2.45) is 0 Å². The number of hydrogen-bond acceptors (Lipinski definition) is 0. The molecule has 0 N–H and O–H groups in total. The van der Waals surface area contributed by atoms with Gasteiger partial charge in [0.1, 0.15) is 0 Å². The molecule has 0 radical (unpaired) electrons. The van der Waals surface area contributed by atoms with E-state index in [1.54, 1.807) is 0 Å². The standard InChI is InChI=1S/C18H18BrN/c1-13(2)15-5-8-18-16(11-15)9-10-20(18)12-14-3-6-17(19)7-4-14/h3-11,13H,12H2,1-2H3. The molecule has 1 heterocycles. The van der Waals surface area contributed by atoms with Gasteiger partial charge in [0.15, 0.2) is 0 Å². The molecular formula is C18H18BrN. The highest BCUT2D eigenvalue weighted by atomic mass is 79.9. The van der Waals surface area contributed by atoms with Gasteiger partial charge in [-0.2, -0.15) is 0 Å². The molecule has 1 aromatic heterocycles. The Morgan fingerprint density at radius 1 is 1.00 bits per heavy atom. The van der Waals surface area contributed by atoms with Gasteiger partial charge in [-0.05, 0) is 52.8 Å². The second-order valence-electron chi connectivity index (χ2n) is 5.54. The van der Waals surface area contributed by atoms with Gasteiger partial charge in [-0.1, -0.05) is 48.0 Å². The minimum Gasteiger partial charge on any atom is -0.343 e. The molecule has 2 aromatic carbocycles. The van der Waals surface area contributed by atoms with Gasteiger partial charge in [-0.25, -0.2) is 0 Å². The Balaban J connectivity index is 1.94. The van der Waals surface area contributed by atoms with Crippen LogP contribution in [0.2, 0.25) is 0 Å². The zero-order chi connectivity index (χ0) is 14.1. The van der Waals surface area contributed by atoms with E-state index >= 15 is 0 Å². The molecule has 0 spiro atoms. The zero-order valence-corrected chi connectivity index (χ0v) is 13.4. The maximum absolute atomic E-state index is 3.48. The van der Waals surface area contributed by atoms with Crippen LogP contribution in [0, 0.1) is 0 Å². The van der Waals surface area contributed by atoms with Crippen molar-refractivity contribution >= 4 is 26.8 Å². The Bertz CT molecular complexity index is 723. The Hall–Kier alpha value is -1.54. The first-order valence-electron chi connectivity index (χ1n) is 6.97. The predicted molar refractivity (Wildman–Crippen MR) is 89.3 cm³/mol. The molecule has 0 aliphatic carbocycles. The number of hydrogen-bond donors (Lipinski definition) is 0. The van der Waals surface area contributed by atoms with Crippen LogP contribution in [0.5, 0.6) is 0 Å². The molecule has 0 aliphatic heterocycles. The highest BCUT2D eigenvalue weighted by Gasteiger charge is 2.05. The van der Waals surface area contributed by atoms with Gasteiger partial charge >= 0.3 is 0 Å². The lowest BCUT2D eigenvalue weighted by Gasteiger charge is -2.08. The molecule has 0 aliphatic rings. The van der Waals surface area contributed by atoms with Gasteiger partial charge in [0, 0.05) is 22.7 Å². The van der Waals surface area contributed by atoms with E-state index in [4.69, 9.17) is 0 Å². The van der Waals surface area contributed by atoms with Crippen molar-refractivity contribution in [3.63, 3.8) is 0 Å². The van der Waals surface area contributed by atoms with Crippen LogP contribution in [0.4, 0.5) is 0 Å². The monoisotopic (exact) mass is 327 g/mol. The highest BCUT2D eigenvalue weighted by Crippen LogP contribution is 2.23. The summed E-state index contributed by atoms with van der Waals surface area (Å²) in [5.74, 6) is 0.578. The maximum Gasteiger partial charge on any atom is 0.0483 e. The Morgan fingerprint density at radius 3 is 2.45 bits per heavy atom. The molecule has 2 heteroatoms. The van der Waals surface area contributed by atoms with Gasteiger partial charge < -0.3 is 4.57 Å². The topological polar surface area (TPSA) is 4.93 Å². The molecule has 3 aromatic rings. The Kier molecular flexibility index (Phi) is 3.66. The van der Waals surface area contributed by atoms with Crippen LogP contribution in [0.15, 0.2) is 59.2 Å². The van der Waals surface area contributed by atoms with Crippen LogP contribution in [0.3, 0.4) is 0 Å². The largest absolute Gasteiger partial charge is 0.343 e. The van der Waals surface area contributed by atoms with Crippen molar-refractivity contribution in [1.82, 2.24) is 4.57 Å². The molecule has 0 atom stereocenters. The normalized spacial score (nSPS) is 11.4. The van der Waals surface area contributed by atoms with Crippen LogP contribution in [-0.4, -0.2) is 4.57 Å². The molecule has 0 bridgehead atoms. The summed E-state index contributed by atoms with van der Waals surface area (Å²) in [6.45, 7) is 5.39. The first kappa shape index (κ1) is 13.4. The van der Waals surface area contributed by atoms with Gasteiger partial charge in [-0.15, -0.1) is 0 Å². The molecule has 0 amide bonds. The van der Waals surface area contributed by atoms with E-state index in [0.29, 0.717) is 5.92 Å². The summed E-state index contributed by atoms with van der Waals surface area (Å²) in [6, 6.07) is 17.5. The predicted octanol–water partition coefficient (Wildman–Crippen LogP) is 5.58. The minimum atomic E-state index is 0.578. The lowest BCUT2D eigenvalue weighted by molar-refractivity contribution is 0.835. The third-order valence-electron chi connectivity index (χ3n) is 3.73. The van der Waals surface area contributed by atoms with Gasteiger partial charge in [0.2, 0.25) is 0 Å². The highest BCUT2D eigenvalue weighted by molar-refractivity contribution is 9.10. The number of rotatable bonds is 3. The fraction of sp³-hybridized carbons (Fsp3) is 0.222. The number of fused-ring (bicyclic) bond motifs is 1. The lowest BCUT2D eigenvalue weighted by Crippen LogP contribution is -1.97. The Labute approximate surface area is 128 Å². The van der Waals surface area contributed by atoms with E-state index in [0.717, 1.165) is 11.0 Å². The van der Waals surface area contributed by atoms with Gasteiger partial charge in [0.25, 0.3) is 0 Å². The van der Waals surface area contributed by atoms with Crippen molar-refractivity contribution in [2.45, 2.75) is 26.3 Å². The van der Waals surface area contributed by atoms with E-state index in [1.807, 2.05) is 0 Å². The van der Waals surface area contributed by atoms with Crippen molar-refractivity contribution in [2.75, 3.05) is 0 Å². The maximum atomic E-state index is 3.48. The van der Waals surface area contributed by atoms with Crippen molar-refractivity contribution in [1.29, 1.82) is 0 Å². The lowest BCUT2D eigenvalue weighted by atomic mass is 10.0. The minimum absolute atomic E-state index is 0.578. The van der Waals surface area contributed by atoms with E-state index < -0.39 is 0 Å². The Morgan fingerprint density at radius 2 is 1.75 bits per heavy atom. The van der Waals surface area contributed by atoms with Crippen molar-refractivity contribution in [3.8, 4) is 0 Å². The summed E-state index contributed by atoms with van der Waals surface area (Å²) in [6.07, 6.45) is 2.18. The fourth-order valence-electron chi connectivity index (χ4n) is 2.50. The second-order valence-corrected chi connectivity index (χ2v) is 6.46. The fourth-order valence-corrected chi connectivity index (χ4v) is 2.77. The molecule has 0 saturated heterocycles. The molecule has 0 unspecified atom stereocenters. The summed E-state index contributed by atoms with van der Waals surface area (Å²) in [7, 11) is 0. The van der Waals surface area contributed by atoms with Crippen LogP contribution in [0.25, 0.3) is 10.9 Å². The number of benzene rings is 2. The van der Waals surface area contributed by atoms with Crippen molar-refractivity contribution < 1.29 is 0 Å². The zero-order valence-electron chi connectivity index (χ0n) is 11.8. The van der Waals surface area contributed by atoms with Gasteiger partial charge in [-0.3, -0.25) is 0 Å². The number of nitrogens with zero attached hydrogens (tertiary/aromatic N) is 1. The van der Waals surface area contributed by atoms with E-state index in [-0.39, 0.29) is 0 Å². The number of halogens is 1. The summed E-state index contributed by atoms with van der Waals surface area (Å²) in [5, 5.41) is 1.33. The summed E-state index contributed by atoms with van der Waals surface area (Å²) in [5.41, 5.74) is 4.02. The van der Waals surface area contributed by atoms with E-state index in [2.05, 4.69) is 89.1 Å². The van der Waals surface area contributed by atoms with Crippen LogP contribution in [0.1, 0.15) is 30.9 Å². The second kappa shape index (κ2) is 5.45. The third-order valence-corrected chi connectivity index (χ3v) is 4.26. The van der Waals surface area contributed by atoms with Crippen LogP contribution in [-0.2, 0) is 6.54 Å². The van der Waals surface area contributed by atoms with Crippen LogP contribution >= 0.6 is 15.9 Å². The van der Waals surface area contributed by atoms with E-state index in [9.17, 15) is 0 Å². The quantitative estimate of drug-likeness (QED) is 0.592. The van der Waals surface area contributed by atoms with Gasteiger partial charge in [0.05, 0.1) is 0 Å². The molecule has 0 fully saturated rings. The third kappa shape index (κ3) is 2.66. The van der Waals surface area contributed by atoms with E-state index in [1.165, 1.54) is 22.0 Å².